The van der Waals surface area contributed by atoms with E-state index in [1.807, 2.05) is 24.3 Å². The van der Waals surface area contributed by atoms with Gasteiger partial charge in [0.2, 0.25) is 0 Å². The third-order valence-corrected chi connectivity index (χ3v) is 15.9. The van der Waals surface area contributed by atoms with E-state index in [4.69, 9.17) is 6.58 Å². The van der Waals surface area contributed by atoms with E-state index in [2.05, 4.69) is 79.7 Å². The van der Waals surface area contributed by atoms with Crippen LogP contribution in [0.1, 0.15) is 205 Å². The molecule has 0 aromatic heterocycles. The van der Waals surface area contributed by atoms with Crippen LogP contribution < -0.4 is 5.30 Å². The fourth-order valence-electron chi connectivity index (χ4n) is 9.68. The van der Waals surface area contributed by atoms with Gasteiger partial charge in [-0.05, 0) is 0 Å². The van der Waals surface area contributed by atoms with E-state index in [1.165, 1.54) is 135 Å². The minimum atomic E-state index is -5.68. The molecule has 326 valence electrons. The molecule has 0 saturated carbocycles. The number of unbranched alkanes of at least 4 members (excludes halogenated alkanes) is 18. The molecule has 0 saturated heterocycles. The van der Waals surface area contributed by atoms with E-state index in [0.29, 0.717) is 12.8 Å². The van der Waals surface area contributed by atoms with Gasteiger partial charge in [-0.2, -0.15) is 0 Å². The number of allylic oxidation sites excluding steroid dienone is 5. The normalized spacial score (nSPS) is 15.4. The van der Waals surface area contributed by atoms with Gasteiger partial charge in [0.15, 0.2) is 0 Å². The molecular formula is C55H83O3P. The van der Waals surface area contributed by atoms with Crippen LogP contribution in [0.2, 0.25) is 0 Å². The van der Waals surface area contributed by atoms with Crippen LogP contribution in [0, 0.1) is 41.5 Å². The van der Waals surface area contributed by atoms with E-state index < -0.39 is 7.28 Å². The van der Waals surface area contributed by atoms with Gasteiger partial charge < -0.3 is 0 Å². The van der Waals surface area contributed by atoms with Crippen molar-refractivity contribution in [3.8, 4) is 0 Å². The summed E-state index contributed by atoms with van der Waals surface area (Å²) in [5.74, 6) is -0.191. The molecule has 0 fully saturated rings. The summed E-state index contributed by atoms with van der Waals surface area (Å²) in [7, 11) is -5.68. The molecule has 59 heavy (non-hydrogen) atoms. The van der Waals surface area contributed by atoms with Crippen LogP contribution in [0.3, 0.4) is 0 Å². The van der Waals surface area contributed by atoms with E-state index in [9.17, 15) is 14.7 Å². The Morgan fingerprint density at radius 3 is 1.54 bits per heavy atom. The Kier molecular flexibility index (Phi) is 19.4. The summed E-state index contributed by atoms with van der Waals surface area (Å²) in [6, 6.07) is 16.6. The number of rotatable bonds is 26. The SMILES string of the molecule is C=C1C=C(P(O)(O)(O)c2ccccc2CCCCCCCCCCCC)C(CCCCCCCCCCCC)=C(c2cc(C)cc(C)c2C)C1c1cc(C)cc(C)c1C. The summed E-state index contributed by atoms with van der Waals surface area (Å²) >= 11 is 0. The molecule has 1 aliphatic rings. The molecule has 0 aliphatic heterocycles. The first-order chi connectivity index (χ1) is 28.2. The number of benzene rings is 3. The summed E-state index contributed by atoms with van der Waals surface area (Å²) in [5.41, 5.74) is 13.1. The van der Waals surface area contributed by atoms with Gasteiger partial charge in [0.25, 0.3) is 0 Å². The molecule has 0 amide bonds. The second-order valence-electron chi connectivity index (χ2n) is 18.5. The molecule has 3 N–H and O–H groups in total. The average Bonchev–Trinajstić information content (AvgIpc) is 3.19. The first-order valence-electron chi connectivity index (χ1n) is 23.9. The Labute approximate surface area is 361 Å². The third kappa shape index (κ3) is 13.3. The second kappa shape index (κ2) is 23.4. The zero-order valence-electron chi connectivity index (χ0n) is 38.8. The molecule has 1 aliphatic carbocycles. The maximum absolute atomic E-state index is 12.9. The van der Waals surface area contributed by atoms with Crippen molar-refractivity contribution in [3.05, 3.63) is 128 Å². The fourth-order valence-corrected chi connectivity index (χ4v) is 12.2. The predicted octanol–water partition coefficient (Wildman–Crippen LogP) is 15.9. The average molecular weight is 823 g/mol. The molecule has 3 aromatic carbocycles. The van der Waals surface area contributed by atoms with Gasteiger partial charge in [0.1, 0.15) is 0 Å². The van der Waals surface area contributed by atoms with Crippen LogP contribution in [0.5, 0.6) is 0 Å². The van der Waals surface area contributed by atoms with Gasteiger partial charge in [0, 0.05) is 0 Å². The molecule has 0 spiro atoms. The summed E-state index contributed by atoms with van der Waals surface area (Å²) in [6.07, 6.45) is 27.8. The summed E-state index contributed by atoms with van der Waals surface area (Å²) in [6.45, 7) is 22.3. The van der Waals surface area contributed by atoms with Gasteiger partial charge in [0.05, 0.1) is 0 Å². The van der Waals surface area contributed by atoms with Crippen LogP contribution in [0.25, 0.3) is 5.57 Å². The molecule has 1 atom stereocenters. The Morgan fingerprint density at radius 2 is 1.00 bits per heavy atom. The van der Waals surface area contributed by atoms with Crippen molar-refractivity contribution >= 4 is 18.2 Å². The van der Waals surface area contributed by atoms with Crippen LogP contribution >= 0.6 is 7.28 Å². The van der Waals surface area contributed by atoms with Crippen LogP contribution in [0.4, 0.5) is 0 Å². The van der Waals surface area contributed by atoms with Crippen molar-refractivity contribution < 1.29 is 14.7 Å². The summed E-state index contributed by atoms with van der Waals surface area (Å²) in [5, 5.41) is 0.561. The number of hydrogen-bond acceptors (Lipinski definition) is 3. The number of hydrogen-bond donors (Lipinski definition) is 3. The zero-order valence-corrected chi connectivity index (χ0v) is 39.7. The van der Waals surface area contributed by atoms with E-state index in [-0.39, 0.29) is 16.5 Å². The standard InChI is InChI=1S/C55H83O3P/c1-10-12-14-16-18-20-22-24-26-28-32-48-33-30-31-35-52(48)59(56,57,58)53-40-45(7)54(50-38-41(3)36-43(5)46(50)8)55(51-39-42(4)37-44(6)47(51)9)49(53)34-29-27-25-23-21-19-17-15-13-11-2/h30-31,33,35-40,54,56-58H,7,10-29,32,34H2,1-6,8-9H3. The molecule has 3 aromatic rings. The monoisotopic (exact) mass is 823 g/mol. The molecule has 3 nitrogen and oxygen atoms in total. The quantitative estimate of drug-likeness (QED) is 0.0558. The molecular weight excluding hydrogens is 740 g/mol. The zero-order chi connectivity index (χ0) is 43.0. The topological polar surface area (TPSA) is 60.7 Å². The molecule has 0 bridgehead atoms. The van der Waals surface area contributed by atoms with Gasteiger partial charge in [-0.1, -0.05) is 26.7 Å². The number of aryl methyl sites for hydroxylation is 5. The maximum atomic E-state index is 12.9. The van der Waals surface area contributed by atoms with Crippen molar-refractivity contribution in [2.24, 2.45) is 0 Å². The van der Waals surface area contributed by atoms with Crippen LogP contribution in [-0.4, -0.2) is 14.7 Å². The van der Waals surface area contributed by atoms with E-state index in [1.54, 1.807) is 6.07 Å². The van der Waals surface area contributed by atoms with Crippen LogP contribution in [0.15, 0.2) is 77.6 Å². The fraction of sp³-hybridized carbons (Fsp3) is 0.564. The van der Waals surface area contributed by atoms with E-state index in [0.717, 1.165) is 60.0 Å². The van der Waals surface area contributed by atoms with Gasteiger partial charge in [-0.25, -0.2) is 0 Å². The molecule has 4 heteroatoms. The summed E-state index contributed by atoms with van der Waals surface area (Å²) in [4.78, 5) is 38.7. The first kappa shape index (κ1) is 48.9. The van der Waals surface area contributed by atoms with Gasteiger partial charge in [-0.3, -0.25) is 0 Å². The molecule has 1 unspecified atom stereocenters. The molecule has 4 rings (SSSR count). The summed E-state index contributed by atoms with van der Waals surface area (Å²) < 4.78 is 0. The predicted molar refractivity (Wildman–Crippen MR) is 260 cm³/mol. The van der Waals surface area contributed by atoms with Crippen molar-refractivity contribution in [2.45, 2.75) is 203 Å². The van der Waals surface area contributed by atoms with Crippen molar-refractivity contribution in [1.82, 2.24) is 0 Å². The van der Waals surface area contributed by atoms with Crippen LogP contribution in [-0.2, 0) is 6.42 Å². The Morgan fingerprint density at radius 1 is 0.542 bits per heavy atom. The van der Waals surface area contributed by atoms with Crippen molar-refractivity contribution in [1.29, 1.82) is 0 Å². The van der Waals surface area contributed by atoms with E-state index >= 15 is 0 Å². The Bertz CT molecular complexity index is 1890. The Balaban J connectivity index is 1.77. The Hall–Kier alpha value is -2.81. The minimum absolute atomic E-state index is 0.191. The third-order valence-electron chi connectivity index (χ3n) is 13.3. The van der Waals surface area contributed by atoms with Crippen molar-refractivity contribution in [2.75, 3.05) is 0 Å². The van der Waals surface area contributed by atoms with Crippen molar-refractivity contribution in [3.63, 3.8) is 0 Å². The first-order valence-corrected chi connectivity index (χ1v) is 25.9. The van der Waals surface area contributed by atoms with Gasteiger partial charge in [-0.15, -0.1) is 0 Å². The molecule has 0 radical (unpaired) electrons. The molecule has 0 heterocycles. The second-order valence-corrected chi connectivity index (χ2v) is 21.4. The van der Waals surface area contributed by atoms with Gasteiger partial charge >= 0.3 is 336 Å².